The first-order valence-corrected chi connectivity index (χ1v) is 3.10. The Morgan fingerprint density at radius 2 is 2.29 bits per heavy atom. The van der Waals surface area contributed by atoms with Crippen molar-refractivity contribution in [1.82, 2.24) is 0 Å². The molecule has 0 saturated heterocycles. The van der Waals surface area contributed by atoms with Crippen molar-refractivity contribution < 1.29 is 0 Å². The van der Waals surface area contributed by atoms with E-state index in [-0.39, 0.29) is 0 Å². The normalized spacial score (nSPS) is 38.6. The minimum atomic E-state index is 0.569. The zero-order valence-electron chi connectivity index (χ0n) is 4.85. The molecule has 0 bridgehead atoms. The van der Waals surface area contributed by atoms with Gasteiger partial charge in [-0.3, -0.25) is 0 Å². The highest BCUT2D eigenvalue weighted by Crippen LogP contribution is 2.31. The topological polar surface area (TPSA) is 26.0 Å². The second-order valence-electron chi connectivity index (χ2n) is 2.45. The average Bonchev–Trinajstić information content (AvgIpc) is 2.22. The molecule has 0 aromatic carbocycles. The van der Waals surface area contributed by atoms with Gasteiger partial charge in [0, 0.05) is 6.04 Å². The van der Waals surface area contributed by atoms with E-state index in [1.165, 1.54) is 19.3 Å². The van der Waals surface area contributed by atoms with Crippen LogP contribution in [0.3, 0.4) is 0 Å². The van der Waals surface area contributed by atoms with Crippen molar-refractivity contribution >= 4 is 0 Å². The highest BCUT2D eigenvalue weighted by atomic mass is 14.7. The van der Waals surface area contributed by atoms with E-state index in [1.807, 2.05) is 0 Å². The lowest BCUT2D eigenvalue weighted by Crippen LogP contribution is -2.00. The Morgan fingerprint density at radius 1 is 1.71 bits per heavy atom. The van der Waals surface area contributed by atoms with Gasteiger partial charge in [0.05, 0.1) is 0 Å². The second kappa shape index (κ2) is 1.83. The van der Waals surface area contributed by atoms with Crippen LogP contribution in [0.25, 0.3) is 0 Å². The summed E-state index contributed by atoms with van der Waals surface area (Å²) in [7, 11) is 0. The highest BCUT2D eigenvalue weighted by Gasteiger charge is 2.31. The molecule has 42 valence electrons. The molecule has 0 spiro atoms. The molecule has 2 atom stereocenters. The molecular weight excluding hydrogens is 86.1 g/mol. The van der Waals surface area contributed by atoms with Crippen LogP contribution in [0.2, 0.25) is 0 Å². The standard InChI is InChI=1S/C6H13N/c1-2-3-5-4-6(5)7/h5-6H,2-4,7H2,1H3/t5-,6+/m0/s1. The summed E-state index contributed by atoms with van der Waals surface area (Å²) < 4.78 is 0. The van der Waals surface area contributed by atoms with Gasteiger partial charge in [0.1, 0.15) is 0 Å². The van der Waals surface area contributed by atoms with Gasteiger partial charge in [0.25, 0.3) is 0 Å². The second-order valence-corrected chi connectivity index (χ2v) is 2.45. The zero-order valence-corrected chi connectivity index (χ0v) is 4.85. The smallest absolute Gasteiger partial charge is 0.00709 e. The van der Waals surface area contributed by atoms with Crippen molar-refractivity contribution in [3.05, 3.63) is 0 Å². The SMILES string of the molecule is CCC[C@H]1C[C@H]1N. The zero-order chi connectivity index (χ0) is 5.28. The summed E-state index contributed by atoms with van der Waals surface area (Å²) in [6, 6.07) is 0.569. The minimum absolute atomic E-state index is 0.569. The summed E-state index contributed by atoms with van der Waals surface area (Å²) in [6.07, 6.45) is 3.94. The van der Waals surface area contributed by atoms with Crippen molar-refractivity contribution in [3.8, 4) is 0 Å². The van der Waals surface area contributed by atoms with E-state index in [0.29, 0.717) is 6.04 Å². The molecule has 1 saturated carbocycles. The molecule has 1 aliphatic rings. The number of hydrogen-bond acceptors (Lipinski definition) is 1. The third-order valence-corrected chi connectivity index (χ3v) is 1.64. The van der Waals surface area contributed by atoms with Crippen LogP contribution in [0, 0.1) is 5.92 Å². The predicted molar refractivity (Wildman–Crippen MR) is 31.0 cm³/mol. The van der Waals surface area contributed by atoms with E-state index < -0.39 is 0 Å². The van der Waals surface area contributed by atoms with E-state index in [1.54, 1.807) is 0 Å². The van der Waals surface area contributed by atoms with Crippen LogP contribution in [0.1, 0.15) is 26.2 Å². The van der Waals surface area contributed by atoms with E-state index in [0.717, 1.165) is 5.92 Å². The van der Waals surface area contributed by atoms with Gasteiger partial charge in [-0.15, -0.1) is 0 Å². The average molecular weight is 99.2 g/mol. The summed E-state index contributed by atoms with van der Waals surface area (Å²) in [5.74, 6) is 0.894. The summed E-state index contributed by atoms with van der Waals surface area (Å²) in [6.45, 7) is 2.21. The van der Waals surface area contributed by atoms with Gasteiger partial charge in [-0.25, -0.2) is 0 Å². The molecule has 0 unspecified atom stereocenters. The van der Waals surface area contributed by atoms with Gasteiger partial charge in [-0.2, -0.15) is 0 Å². The highest BCUT2D eigenvalue weighted by molar-refractivity contribution is 4.88. The maximum absolute atomic E-state index is 5.55. The van der Waals surface area contributed by atoms with Gasteiger partial charge < -0.3 is 5.73 Å². The molecule has 2 N–H and O–H groups in total. The first-order valence-electron chi connectivity index (χ1n) is 3.10. The monoisotopic (exact) mass is 99.1 g/mol. The molecule has 0 amide bonds. The molecule has 0 aliphatic heterocycles. The van der Waals surface area contributed by atoms with Crippen molar-refractivity contribution in [1.29, 1.82) is 0 Å². The van der Waals surface area contributed by atoms with Crippen molar-refractivity contribution in [2.45, 2.75) is 32.2 Å². The van der Waals surface area contributed by atoms with E-state index >= 15 is 0 Å². The van der Waals surface area contributed by atoms with Crippen molar-refractivity contribution in [2.75, 3.05) is 0 Å². The third-order valence-electron chi connectivity index (χ3n) is 1.64. The first-order chi connectivity index (χ1) is 3.34. The van der Waals surface area contributed by atoms with Crippen LogP contribution in [-0.4, -0.2) is 6.04 Å². The van der Waals surface area contributed by atoms with Crippen LogP contribution in [0.4, 0.5) is 0 Å². The fourth-order valence-electron chi connectivity index (χ4n) is 0.974. The quantitative estimate of drug-likeness (QED) is 0.552. The first kappa shape index (κ1) is 5.10. The number of rotatable bonds is 2. The van der Waals surface area contributed by atoms with Crippen LogP contribution >= 0.6 is 0 Å². The Hall–Kier alpha value is -0.0400. The van der Waals surface area contributed by atoms with Crippen molar-refractivity contribution in [2.24, 2.45) is 11.7 Å². The molecule has 0 radical (unpaired) electrons. The van der Waals surface area contributed by atoms with E-state index in [4.69, 9.17) is 5.73 Å². The van der Waals surface area contributed by atoms with Gasteiger partial charge >= 0.3 is 0 Å². The number of hydrogen-bond donors (Lipinski definition) is 1. The van der Waals surface area contributed by atoms with Crippen LogP contribution in [0.15, 0.2) is 0 Å². The molecule has 0 aromatic rings. The van der Waals surface area contributed by atoms with Gasteiger partial charge in [0.15, 0.2) is 0 Å². The molecule has 0 heterocycles. The Labute approximate surface area is 44.9 Å². The van der Waals surface area contributed by atoms with Gasteiger partial charge in [-0.05, 0) is 18.8 Å². The lowest BCUT2D eigenvalue weighted by atomic mass is 10.2. The fourth-order valence-corrected chi connectivity index (χ4v) is 0.974. The van der Waals surface area contributed by atoms with Crippen LogP contribution in [-0.2, 0) is 0 Å². The molecule has 1 heteroatoms. The Morgan fingerprint density at radius 3 is 2.43 bits per heavy atom. The van der Waals surface area contributed by atoms with Gasteiger partial charge in [-0.1, -0.05) is 13.3 Å². The van der Waals surface area contributed by atoms with E-state index in [9.17, 15) is 0 Å². The fraction of sp³-hybridized carbons (Fsp3) is 1.00. The van der Waals surface area contributed by atoms with E-state index in [2.05, 4.69) is 6.92 Å². The van der Waals surface area contributed by atoms with Crippen LogP contribution < -0.4 is 5.73 Å². The van der Waals surface area contributed by atoms with Crippen LogP contribution in [0.5, 0.6) is 0 Å². The Balaban J connectivity index is 1.98. The Bertz CT molecular complexity index is 61.2. The molecule has 1 fully saturated rings. The maximum atomic E-state index is 5.55. The summed E-state index contributed by atoms with van der Waals surface area (Å²) in [4.78, 5) is 0. The third kappa shape index (κ3) is 1.16. The van der Waals surface area contributed by atoms with Crippen molar-refractivity contribution in [3.63, 3.8) is 0 Å². The summed E-state index contributed by atoms with van der Waals surface area (Å²) in [5, 5.41) is 0. The summed E-state index contributed by atoms with van der Waals surface area (Å²) >= 11 is 0. The minimum Gasteiger partial charge on any atom is -0.327 e. The Kier molecular flexibility index (Phi) is 1.33. The molecule has 1 aliphatic carbocycles. The lowest BCUT2D eigenvalue weighted by Gasteiger charge is -1.86. The predicted octanol–water partition coefficient (Wildman–Crippen LogP) is 1.13. The largest absolute Gasteiger partial charge is 0.327 e. The lowest BCUT2D eigenvalue weighted by molar-refractivity contribution is 0.683. The molecular formula is C6H13N. The summed E-state index contributed by atoms with van der Waals surface area (Å²) in [5.41, 5.74) is 5.55. The van der Waals surface area contributed by atoms with Gasteiger partial charge in [0.2, 0.25) is 0 Å². The number of nitrogens with two attached hydrogens (primary N) is 1. The molecule has 1 nitrogen and oxygen atoms in total. The molecule has 1 rings (SSSR count). The molecule has 0 aromatic heterocycles. The maximum Gasteiger partial charge on any atom is 0.00709 e. The molecule has 7 heavy (non-hydrogen) atoms.